The fraction of sp³-hybridized carbons (Fsp3) is 0.556. The van der Waals surface area contributed by atoms with Crippen molar-refractivity contribution in [3.8, 4) is 0 Å². The van der Waals surface area contributed by atoms with E-state index in [1.54, 1.807) is 0 Å². The highest BCUT2D eigenvalue weighted by Gasteiger charge is 2.33. The zero-order chi connectivity index (χ0) is 12.9. The summed E-state index contributed by atoms with van der Waals surface area (Å²) in [5.74, 6) is -0.208. The summed E-state index contributed by atoms with van der Waals surface area (Å²) in [6, 6.07) is 0. The predicted molar refractivity (Wildman–Crippen MR) is 64.7 cm³/mol. The normalized spacial score (nSPS) is 10.9. The van der Waals surface area contributed by atoms with Crippen molar-refractivity contribution in [1.29, 1.82) is 0 Å². The largest absolute Gasteiger partial charge is 0.434 e. The molecule has 4 nitrogen and oxygen atoms in total. The first-order chi connectivity index (χ1) is 7.93. The first-order valence-corrected chi connectivity index (χ1v) is 5.80. The predicted octanol–water partition coefficient (Wildman–Crippen LogP) is 1.59. The summed E-state index contributed by atoms with van der Waals surface area (Å²) >= 11 is 0.934. The minimum absolute atomic E-state index is 0. The molecule has 0 aromatic carbocycles. The lowest BCUT2D eigenvalue weighted by Gasteiger charge is -2.02. The lowest BCUT2D eigenvalue weighted by atomic mass is 10.3. The Morgan fingerprint density at radius 3 is 2.67 bits per heavy atom. The van der Waals surface area contributed by atoms with Crippen LogP contribution in [0.1, 0.15) is 17.1 Å². The number of carbonyl (C=O) groups excluding carboxylic acids is 1. The lowest BCUT2D eigenvalue weighted by Crippen LogP contribution is -2.27. The highest BCUT2D eigenvalue weighted by atomic mass is 35.5. The van der Waals surface area contributed by atoms with Gasteiger partial charge in [-0.2, -0.15) is 13.2 Å². The molecule has 0 bridgehead atoms. The van der Waals surface area contributed by atoms with Gasteiger partial charge in [-0.3, -0.25) is 4.79 Å². The van der Waals surface area contributed by atoms with Gasteiger partial charge in [0.2, 0.25) is 5.91 Å². The minimum atomic E-state index is -4.41. The number of alkyl halides is 3. The quantitative estimate of drug-likeness (QED) is 0.868. The van der Waals surface area contributed by atoms with E-state index in [1.165, 1.54) is 0 Å². The fourth-order valence-corrected chi connectivity index (χ4v) is 1.89. The van der Waals surface area contributed by atoms with Gasteiger partial charge in [-0.1, -0.05) is 0 Å². The van der Waals surface area contributed by atoms with Crippen molar-refractivity contribution in [3.63, 3.8) is 0 Å². The van der Waals surface area contributed by atoms with Crippen molar-refractivity contribution in [2.45, 2.75) is 19.0 Å². The maximum absolute atomic E-state index is 12.2. The number of thiazole rings is 1. The van der Waals surface area contributed by atoms with E-state index in [0.29, 0.717) is 5.01 Å². The van der Waals surface area contributed by atoms with Crippen molar-refractivity contribution in [1.82, 2.24) is 10.3 Å². The van der Waals surface area contributed by atoms with Crippen LogP contribution in [0.15, 0.2) is 5.38 Å². The van der Waals surface area contributed by atoms with Gasteiger partial charge in [-0.05, 0) is 0 Å². The van der Waals surface area contributed by atoms with Gasteiger partial charge < -0.3 is 11.1 Å². The average molecular weight is 304 g/mol. The van der Waals surface area contributed by atoms with Crippen molar-refractivity contribution in [2.24, 2.45) is 5.73 Å². The third-order valence-corrected chi connectivity index (χ3v) is 2.78. The van der Waals surface area contributed by atoms with Gasteiger partial charge in [-0.15, -0.1) is 23.7 Å². The minimum Gasteiger partial charge on any atom is -0.356 e. The summed E-state index contributed by atoms with van der Waals surface area (Å²) in [5.41, 5.74) is 4.28. The molecule has 0 saturated carbocycles. The Hall–Kier alpha value is -0.860. The highest BCUT2D eigenvalue weighted by Crippen LogP contribution is 2.29. The Morgan fingerprint density at radius 2 is 2.17 bits per heavy atom. The fourth-order valence-electron chi connectivity index (χ4n) is 1.08. The third kappa shape index (κ3) is 5.65. The summed E-state index contributed by atoms with van der Waals surface area (Å²) in [5, 5.41) is 3.87. The second kappa shape index (κ2) is 7.55. The molecule has 0 aliphatic heterocycles. The highest BCUT2D eigenvalue weighted by molar-refractivity contribution is 7.09. The molecule has 0 unspecified atom stereocenters. The SMILES string of the molecule is Cl.NCCC(=O)NCCc1nc(C(F)(F)F)cs1. The summed E-state index contributed by atoms with van der Waals surface area (Å²) in [6.45, 7) is 0.519. The molecule has 0 spiro atoms. The van der Waals surface area contributed by atoms with Crippen LogP contribution < -0.4 is 11.1 Å². The third-order valence-electron chi connectivity index (χ3n) is 1.87. The smallest absolute Gasteiger partial charge is 0.356 e. The Morgan fingerprint density at radius 1 is 1.50 bits per heavy atom. The molecule has 9 heteroatoms. The first-order valence-electron chi connectivity index (χ1n) is 4.92. The summed E-state index contributed by atoms with van der Waals surface area (Å²) < 4.78 is 36.6. The van der Waals surface area contributed by atoms with Crippen molar-refractivity contribution in [2.75, 3.05) is 13.1 Å². The van der Waals surface area contributed by atoms with Crippen molar-refractivity contribution >= 4 is 29.7 Å². The number of carbonyl (C=O) groups is 1. The van der Waals surface area contributed by atoms with Gasteiger partial charge in [0.25, 0.3) is 0 Å². The van der Waals surface area contributed by atoms with Crippen LogP contribution in [0.3, 0.4) is 0 Å². The van der Waals surface area contributed by atoms with Gasteiger partial charge in [0.15, 0.2) is 5.69 Å². The first kappa shape index (κ1) is 17.1. The molecule has 0 aliphatic carbocycles. The molecule has 1 rings (SSSR count). The number of amides is 1. The molecule has 1 amide bonds. The van der Waals surface area contributed by atoms with Crippen LogP contribution in [0.4, 0.5) is 13.2 Å². The number of nitrogens with two attached hydrogens (primary N) is 1. The maximum Gasteiger partial charge on any atom is 0.434 e. The van der Waals surface area contributed by atoms with E-state index in [1.807, 2.05) is 0 Å². The molecule has 1 aromatic rings. The summed E-state index contributed by atoms with van der Waals surface area (Å²) in [4.78, 5) is 14.5. The van der Waals surface area contributed by atoms with Crippen LogP contribution in [0, 0.1) is 0 Å². The molecule has 1 aromatic heterocycles. The number of hydrogen-bond donors (Lipinski definition) is 2. The van der Waals surface area contributed by atoms with Crippen LogP contribution in [0.2, 0.25) is 0 Å². The second-order valence-corrected chi connectivity index (χ2v) is 4.21. The molecule has 0 saturated heterocycles. The molecular formula is C9H13ClF3N3OS. The van der Waals surface area contributed by atoms with Crippen molar-refractivity contribution in [3.05, 3.63) is 16.1 Å². The Bertz CT molecular complexity index is 383. The van der Waals surface area contributed by atoms with E-state index >= 15 is 0 Å². The van der Waals surface area contributed by atoms with Gasteiger partial charge in [0.1, 0.15) is 0 Å². The molecule has 3 N–H and O–H groups in total. The summed E-state index contributed by atoms with van der Waals surface area (Å²) in [7, 11) is 0. The summed E-state index contributed by atoms with van der Waals surface area (Å²) in [6.07, 6.45) is -3.90. The number of nitrogens with one attached hydrogen (secondary N) is 1. The van der Waals surface area contributed by atoms with Crippen LogP contribution in [0.5, 0.6) is 0 Å². The molecule has 0 radical (unpaired) electrons. The van der Waals surface area contributed by atoms with Gasteiger partial charge in [-0.25, -0.2) is 4.98 Å². The number of nitrogens with zero attached hydrogens (tertiary/aromatic N) is 1. The number of aromatic nitrogens is 1. The Balaban J connectivity index is 0.00000289. The standard InChI is InChI=1S/C9H12F3N3OS.ClH/c10-9(11,12)6-5-17-8(15-6)2-4-14-7(16)1-3-13;/h5H,1-4,13H2,(H,14,16);1H. The number of halogens is 4. The van der Waals surface area contributed by atoms with Crippen LogP contribution in [0.25, 0.3) is 0 Å². The Kier molecular flexibility index (Phi) is 7.19. The van der Waals surface area contributed by atoms with Crippen LogP contribution in [-0.4, -0.2) is 24.0 Å². The molecule has 1 heterocycles. The lowest BCUT2D eigenvalue weighted by molar-refractivity contribution is -0.140. The van der Waals surface area contributed by atoms with E-state index in [4.69, 9.17) is 5.73 Å². The van der Waals surface area contributed by atoms with E-state index < -0.39 is 11.9 Å². The van der Waals surface area contributed by atoms with Gasteiger partial charge >= 0.3 is 6.18 Å². The van der Waals surface area contributed by atoms with Crippen LogP contribution >= 0.6 is 23.7 Å². The van der Waals surface area contributed by atoms with Crippen LogP contribution in [-0.2, 0) is 17.4 Å². The van der Waals surface area contributed by atoms with Crippen molar-refractivity contribution < 1.29 is 18.0 Å². The van der Waals surface area contributed by atoms with E-state index in [9.17, 15) is 18.0 Å². The van der Waals surface area contributed by atoms with E-state index in [-0.39, 0.29) is 44.2 Å². The number of hydrogen-bond acceptors (Lipinski definition) is 4. The molecule has 104 valence electrons. The second-order valence-electron chi connectivity index (χ2n) is 3.26. The monoisotopic (exact) mass is 303 g/mol. The average Bonchev–Trinajstić information content (AvgIpc) is 2.66. The zero-order valence-corrected chi connectivity index (χ0v) is 10.9. The molecule has 0 fully saturated rings. The van der Waals surface area contributed by atoms with Gasteiger partial charge in [0, 0.05) is 31.3 Å². The van der Waals surface area contributed by atoms with E-state index in [2.05, 4.69) is 10.3 Å². The van der Waals surface area contributed by atoms with E-state index in [0.717, 1.165) is 16.7 Å². The molecule has 0 aliphatic rings. The van der Waals surface area contributed by atoms with Gasteiger partial charge in [0.05, 0.1) is 5.01 Å². The molecular weight excluding hydrogens is 291 g/mol. The zero-order valence-electron chi connectivity index (χ0n) is 9.29. The topological polar surface area (TPSA) is 68.0 Å². The molecule has 18 heavy (non-hydrogen) atoms. The Labute approximate surface area is 112 Å². The number of rotatable bonds is 5. The molecule has 0 atom stereocenters. The maximum atomic E-state index is 12.2.